The number of amides is 1. The first-order valence-corrected chi connectivity index (χ1v) is 8.39. The summed E-state index contributed by atoms with van der Waals surface area (Å²) in [5, 5.41) is 12.2. The maximum atomic E-state index is 12.5. The molecule has 0 aliphatic rings. The second-order valence-electron chi connectivity index (χ2n) is 5.94. The lowest BCUT2D eigenvalue weighted by atomic mass is 10.2. The van der Waals surface area contributed by atoms with Crippen LogP contribution in [0.1, 0.15) is 5.56 Å². The molecule has 1 amide bonds. The molecule has 3 rings (SSSR count). The van der Waals surface area contributed by atoms with E-state index in [9.17, 15) is 4.79 Å². The molecule has 0 atom stereocenters. The molecule has 0 aliphatic carbocycles. The Hall–Kier alpha value is -3.42. The number of tetrazole rings is 1. The Morgan fingerprint density at radius 1 is 1.11 bits per heavy atom. The summed E-state index contributed by atoms with van der Waals surface area (Å²) in [7, 11) is 4.91. The van der Waals surface area contributed by atoms with Crippen molar-refractivity contribution in [2.45, 2.75) is 13.1 Å². The zero-order valence-electron chi connectivity index (χ0n) is 15.5. The molecule has 8 heteroatoms. The van der Waals surface area contributed by atoms with Gasteiger partial charge >= 0.3 is 0 Å². The second kappa shape index (κ2) is 8.31. The summed E-state index contributed by atoms with van der Waals surface area (Å²) in [5.74, 6) is 1.72. The number of hydrogen-bond donors (Lipinski definition) is 0. The Morgan fingerprint density at radius 3 is 2.59 bits per heavy atom. The minimum absolute atomic E-state index is 0.00873. The number of hydrogen-bond acceptors (Lipinski definition) is 6. The van der Waals surface area contributed by atoms with Gasteiger partial charge in [0.2, 0.25) is 11.7 Å². The summed E-state index contributed by atoms with van der Waals surface area (Å²) in [4.78, 5) is 15.4. The maximum absolute atomic E-state index is 12.5. The quantitative estimate of drug-likeness (QED) is 0.635. The molecule has 0 N–H and O–H groups in total. The highest BCUT2D eigenvalue weighted by Gasteiger charge is 2.15. The predicted molar refractivity (Wildman–Crippen MR) is 99.3 cm³/mol. The fraction of sp³-hybridized carbons (Fsp3) is 0.263. The first-order valence-electron chi connectivity index (χ1n) is 8.39. The van der Waals surface area contributed by atoms with Gasteiger partial charge in [-0.3, -0.25) is 4.79 Å². The van der Waals surface area contributed by atoms with Crippen LogP contribution in [0.15, 0.2) is 48.5 Å². The van der Waals surface area contributed by atoms with E-state index in [1.54, 1.807) is 32.2 Å². The van der Waals surface area contributed by atoms with Gasteiger partial charge in [-0.1, -0.05) is 30.3 Å². The van der Waals surface area contributed by atoms with Crippen LogP contribution < -0.4 is 9.47 Å². The van der Waals surface area contributed by atoms with Gasteiger partial charge in [-0.2, -0.15) is 4.80 Å². The van der Waals surface area contributed by atoms with Crippen LogP contribution in [-0.4, -0.2) is 52.3 Å². The monoisotopic (exact) mass is 367 g/mol. The summed E-state index contributed by atoms with van der Waals surface area (Å²) in [6.07, 6.45) is 0. The molecule has 0 saturated heterocycles. The highest BCUT2D eigenvalue weighted by molar-refractivity contribution is 5.75. The molecule has 3 aromatic rings. The smallest absolute Gasteiger partial charge is 0.246 e. The first-order chi connectivity index (χ1) is 13.1. The van der Waals surface area contributed by atoms with Crippen LogP contribution >= 0.6 is 0 Å². The van der Waals surface area contributed by atoms with Gasteiger partial charge in [-0.05, 0) is 17.3 Å². The zero-order valence-corrected chi connectivity index (χ0v) is 15.5. The van der Waals surface area contributed by atoms with Gasteiger partial charge in [0.1, 0.15) is 18.0 Å². The van der Waals surface area contributed by atoms with Crippen LogP contribution in [-0.2, 0) is 17.9 Å². The van der Waals surface area contributed by atoms with E-state index in [0.29, 0.717) is 23.9 Å². The lowest BCUT2D eigenvalue weighted by Crippen LogP contribution is -2.30. The molecule has 0 bridgehead atoms. The van der Waals surface area contributed by atoms with E-state index in [4.69, 9.17) is 9.47 Å². The van der Waals surface area contributed by atoms with Gasteiger partial charge in [0.25, 0.3) is 0 Å². The average molecular weight is 367 g/mol. The molecule has 140 valence electrons. The lowest BCUT2D eigenvalue weighted by Gasteiger charge is -2.19. The average Bonchev–Trinajstić information content (AvgIpc) is 3.17. The van der Waals surface area contributed by atoms with Crippen molar-refractivity contribution in [2.24, 2.45) is 0 Å². The van der Waals surface area contributed by atoms with Crippen molar-refractivity contribution in [3.63, 3.8) is 0 Å². The molecule has 1 aromatic heterocycles. The van der Waals surface area contributed by atoms with Crippen LogP contribution in [0.4, 0.5) is 0 Å². The largest absolute Gasteiger partial charge is 0.497 e. The summed E-state index contributed by atoms with van der Waals surface area (Å²) >= 11 is 0. The number of ether oxygens (including phenoxy) is 2. The molecule has 0 spiro atoms. The van der Waals surface area contributed by atoms with Crippen molar-refractivity contribution >= 4 is 5.91 Å². The van der Waals surface area contributed by atoms with Crippen LogP contribution in [0, 0.1) is 0 Å². The SMILES string of the molecule is COc1ccc(CN(C)C(=O)Cn2nnc(-c3ccccc3)n2)c(OC)c1. The third kappa shape index (κ3) is 4.41. The van der Waals surface area contributed by atoms with Gasteiger partial charge in [0.15, 0.2) is 0 Å². The molecule has 0 aliphatic heterocycles. The van der Waals surface area contributed by atoms with Crippen LogP contribution in [0.2, 0.25) is 0 Å². The van der Waals surface area contributed by atoms with Crippen LogP contribution in [0.5, 0.6) is 11.5 Å². The molecule has 1 heterocycles. The van der Waals surface area contributed by atoms with Crippen molar-refractivity contribution < 1.29 is 14.3 Å². The van der Waals surface area contributed by atoms with Crippen molar-refractivity contribution in [3.05, 3.63) is 54.1 Å². The van der Waals surface area contributed by atoms with Crippen LogP contribution in [0.25, 0.3) is 11.4 Å². The Kier molecular flexibility index (Phi) is 5.65. The highest BCUT2D eigenvalue weighted by atomic mass is 16.5. The number of methoxy groups -OCH3 is 2. The second-order valence-corrected chi connectivity index (χ2v) is 5.94. The molecule has 2 aromatic carbocycles. The normalized spacial score (nSPS) is 10.5. The van der Waals surface area contributed by atoms with Crippen molar-refractivity contribution in [2.75, 3.05) is 21.3 Å². The molecule has 0 fully saturated rings. The standard InChI is InChI=1S/C19H21N5O3/c1-23(12-15-9-10-16(26-2)11-17(15)27-3)18(25)13-24-21-19(20-22-24)14-7-5-4-6-8-14/h4-11H,12-13H2,1-3H3. The van der Waals surface area contributed by atoms with Gasteiger partial charge in [-0.15, -0.1) is 10.2 Å². The van der Waals surface area contributed by atoms with E-state index < -0.39 is 0 Å². The van der Waals surface area contributed by atoms with Gasteiger partial charge in [0, 0.05) is 30.8 Å². The Balaban J connectivity index is 1.65. The molecule has 0 radical (unpaired) electrons. The van der Waals surface area contributed by atoms with E-state index in [1.807, 2.05) is 42.5 Å². The van der Waals surface area contributed by atoms with Gasteiger partial charge in [0.05, 0.1) is 14.2 Å². The Morgan fingerprint density at radius 2 is 1.89 bits per heavy atom. The number of likely N-dealkylation sites (N-methyl/N-ethyl adjacent to an activating group) is 1. The van der Waals surface area contributed by atoms with E-state index in [2.05, 4.69) is 15.4 Å². The number of carbonyl (C=O) groups is 1. The fourth-order valence-corrected chi connectivity index (χ4v) is 2.58. The number of rotatable bonds is 7. The molecule has 27 heavy (non-hydrogen) atoms. The Labute approximate surface area is 157 Å². The lowest BCUT2D eigenvalue weighted by molar-refractivity contribution is -0.131. The van der Waals surface area contributed by atoms with Gasteiger partial charge < -0.3 is 14.4 Å². The number of nitrogens with zero attached hydrogens (tertiary/aromatic N) is 5. The van der Waals surface area contributed by atoms with E-state index >= 15 is 0 Å². The zero-order chi connectivity index (χ0) is 19.2. The first kappa shape index (κ1) is 18.4. The summed E-state index contributed by atoms with van der Waals surface area (Å²) < 4.78 is 10.6. The Bertz CT molecular complexity index is 911. The van der Waals surface area contributed by atoms with Crippen molar-refractivity contribution in [1.29, 1.82) is 0 Å². The third-order valence-corrected chi connectivity index (χ3v) is 4.09. The molecular formula is C19H21N5O3. The topological polar surface area (TPSA) is 82.4 Å². The summed E-state index contributed by atoms with van der Waals surface area (Å²) in [6, 6.07) is 15.0. The van der Waals surface area contributed by atoms with E-state index in [-0.39, 0.29) is 12.5 Å². The number of aromatic nitrogens is 4. The summed E-state index contributed by atoms with van der Waals surface area (Å²) in [6.45, 7) is 0.404. The number of benzene rings is 2. The van der Waals surface area contributed by atoms with Gasteiger partial charge in [-0.25, -0.2) is 0 Å². The van der Waals surface area contributed by atoms with E-state index in [0.717, 1.165) is 11.1 Å². The minimum atomic E-state index is -0.134. The highest BCUT2D eigenvalue weighted by Crippen LogP contribution is 2.25. The van der Waals surface area contributed by atoms with Crippen molar-refractivity contribution in [3.8, 4) is 22.9 Å². The molecule has 8 nitrogen and oxygen atoms in total. The molecular weight excluding hydrogens is 346 g/mol. The number of carbonyl (C=O) groups excluding carboxylic acids is 1. The predicted octanol–water partition coefficient (Wildman–Crippen LogP) is 2.02. The molecule has 0 unspecified atom stereocenters. The maximum Gasteiger partial charge on any atom is 0.246 e. The molecule has 0 saturated carbocycles. The minimum Gasteiger partial charge on any atom is -0.497 e. The van der Waals surface area contributed by atoms with Crippen LogP contribution in [0.3, 0.4) is 0 Å². The third-order valence-electron chi connectivity index (χ3n) is 4.09. The fourth-order valence-electron chi connectivity index (χ4n) is 2.58. The van der Waals surface area contributed by atoms with Crippen molar-refractivity contribution in [1.82, 2.24) is 25.1 Å². The van der Waals surface area contributed by atoms with E-state index in [1.165, 1.54) is 4.80 Å². The summed E-state index contributed by atoms with van der Waals surface area (Å²) in [5.41, 5.74) is 1.73.